The van der Waals surface area contributed by atoms with E-state index in [9.17, 15) is 4.79 Å². The summed E-state index contributed by atoms with van der Waals surface area (Å²) in [4.78, 5) is 14.6. The number of ether oxygens (including phenoxy) is 1. The number of hydrogen-bond donors (Lipinski definition) is 1. The van der Waals surface area contributed by atoms with Crippen molar-refractivity contribution in [2.45, 2.75) is 25.9 Å². The van der Waals surface area contributed by atoms with Crippen molar-refractivity contribution in [1.29, 1.82) is 0 Å². The molecule has 1 fully saturated rings. The summed E-state index contributed by atoms with van der Waals surface area (Å²) in [6, 6.07) is 7.58. The van der Waals surface area contributed by atoms with Crippen LogP contribution in [0.25, 0.3) is 0 Å². The molecule has 122 valence electrons. The topological polar surface area (TPSA) is 58.2 Å². The van der Waals surface area contributed by atoms with Crippen molar-refractivity contribution in [3.8, 4) is 0 Å². The van der Waals surface area contributed by atoms with E-state index in [0.717, 1.165) is 24.1 Å². The average molecular weight is 334 g/mol. The van der Waals surface area contributed by atoms with Crippen LogP contribution in [0.4, 0.5) is 0 Å². The predicted octanol–water partition coefficient (Wildman–Crippen LogP) is 3.23. The molecule has 23 heavy (non-hydrogen) atoms. The maximum Gasteiger partial charge on any atom is 0.257 e. The number of carbonyl (C=O) groups is 1. The Hall–Kier alpha value is -1.85. The summed E-state index contributed by atoms with van der Waals surface area (Å²) < 4.78 is 5.82. The van der Waals surface area contributed by atoms with E-state index in [2.05, 4.69) is 17.1 Å². The molecule has 2 aromatic rings. The second kappa shape index (κ2) is 7.15. The molecule has 1 aliphatic rings. The molecular formula is C17H20ClN3O2. The van der Waals surface area contributed by atoms with Crippen LogP contribution in [0.2, 0.25) is 5.02 Å². The van der Waals surface area contributed by atoms with Crippen LogP contribution in [0.5, 0.6) is 0 Å². The van der Waals surface area contributed by atoms with E-state index < -0.39 is 0 Å². The molecule has 3 rings (SSSR count). The number of nitrogens with one attached hydrogen (secondary N) is 1. The minimum absolute atomic E-state index is 0.0180. The number of aromatic amines is 1. The number of amides is 1. The Kier molecular flexibility index (Phi) is 4.98. The molecule has 0 bridgehead atoms. The third-order valence-corrected chi connectivity index (χ3v) is 4.30. The molecule has 0 radical (unpaired) electrons. The van der Waals surface area contributed by atoms with Crippen molar-refractivity contribution in [3.05, 3.63) is 52.3 Å². The van der Waals surface area contributed by atoms with Gasteiger partial charge in [0.25, 0.3) is 5.91 Å². The average Bonchev–Trinajstić information content (AvgIpc) is 3.03. The molecule has 1 saturated heterocycles. The van der Waals surface area contributed by atoms with Gasteiger partial charge in [-0.1, -0.05) is 37.1 Å². The number of rotatable bonds is 4. The van der Waals surface area contributed by atoms with E-state index in [1.165, 1.54) is 0 Å². The number of halogens is 1. The number of aromatic nitrogens is 2. The van der Waals surface area contributed by atoms with Crippen molar-refractivity contribution in [3.63, 3.8) is 0 Å². The van der Waals surface area contributed by atoms with Gasteiger partial charge in [-0.2, -0.15) is 5.10 Å². The predicted molar refractivity (Wildman–Crippen MR) is 88.6 cm³/mol. The Labute approximate surface area is 140 Å². The summed E-state index contributed by atoms with van der Waals surface area (Å²) in [6.07, 6.45) is 3.30. The summed E-state index contributed by atoms with van der Waals surface area (Å²) in [7, 11) is 0. The lowest BCUT2D eigenvalue weighted by atomic mass is 10.1. The number of benzene rings is 1. The van der Waals surface area contributed by atoms with Gasteiger partial charge in [-0.3, -0.25) is 9.89 Å². The Balaban J connectivity index is 1.74. The molecule has 2 heterocycles. The zero-order valence-corrected chi connectivity index (χ0v) is 13.8. The lowest BCUT2D eigenvalue weighted by Crippen LogP contribution is -2.42. The van der Waals surface area contributed by atoms with Crippen molar-refractivity contribution in [1.82, 2.24) is 15.1 Å². The van der Waals surface area contributed by atoms with E-state index in [1.807, 2.05) is 29.2 Å². The molecule has 1 amide bonds. The largest absolute Gasteiger partial charge is 0.370 e. The van der Waals surface area contributed by atoms with Gasteiger partial charge in [-0.15, -0.1) is 0 Å². The van der Waals surface area contributed by atoms with Crippen LogP contribution < -0.4 is 0 Å². The third kappa shape index (κ3) is 3.57. The molecule has 1 aromatic carbocycles. The highest BCUT2D eigenvalue weighted by atomic mass is 35.5. The Bertz CT molecular complexity index is 669. The highest BCUT2D eigenvalue weighted by molar-refractivity contribution is 6.30. The first-order chi connectivity index (χ1) is 11.2. The van der Waals surface area contributed by atoms with Crippen LogP contribution in [0.1, 0.15) is 41.1 Å². The highest BCUT2D eigenvalue weighted by Crippen LogP contribution is 2.25. The molecule has 6 heteroatoms. The minimum atomic E-state index is -0.119. The van der Waals surface area contributed by atoms with Crippen LogP contribution in [0.15, 0.2) is 30.5 Å². The number of morpholine rings is 1. The fourth-order valence-electron chi connectivity index (χ4n) is 2.82. The van der Waals surface area contributed by atoms with Gasteiger partial charge >= 0.3 is 0 Å². The molecule has 0 saturated carbocycles. The second-order valence-corrected chi connectivity index (χ2v) is 6.11. The fraction of sp³-hybridized carbons (Fsp3) is 0.412. The smallest absolute Gasteiger partial charge is 0.257 e. The molecule has 0 unspecified atom stereocenters. The number of aryl methyl sites for hydroxylation is 1. The zero-order chi connectivity index (χ0) is 16.2. The fourth-order valence-corrected chi connectivity index (χ4v) is 2.95. The SMILES string of the molecule is CCCc1[nH]ncc1C(=O)N1CCO[C@H](c2ccc(Cl)cc2)C1. The van der Waals surface area contributed by atoms with Crippen molar-refractivity contribution >= 4 is 17.5 Å². The van der Waals surface area contributed by atoms with Crippen LogP contribution in [0, 0.1) is 0 Å². The molecule has 1 atom stereocenters. The standard InChI is InChI=1S/C17H20ClN3O2/c1-2-3-15-14(10-19-20-15)17(22)21-8-9-23-16(11-21)12-4-6-13(18)7-5-12/h4-7,10,16H,2-3,8-9,11H2,1H3,(H,19,20)/t16-/m0/s1. The number of nitrogens with zero attached hydrogens (tertiary/aromatic N) is 2. The maximum atomic E-state index is 12.8. The first kappa shape index (κ1) is 16.0. The lowest BCUT2D eigenvalue weighted by molar-refractivity contribution is -0.0228. The van der Waals surface area contributed by atoms with Crippen LogP contribution in [0.3, 0.4) is 0 Å². The van der Waals surface area contributed by atoms with Gasteiger partial charge in [0, 0.05) is 17.3 Å². The van der Waals surface area contributed by atoms with Crippen molar-refractivity contribution in [2.75, 3.05) is 19.7 Å². The van der Waals surface area contributed by atoms with E-state index in [0.29, 0.717) is 30.3 Å². The van der Waals surface area contributed by atoms with Gasteiger partial charge in [0.2, 0.25) is 0 Å². The zero-order valence-electron chi connectivity index (χ0n) is 13.1. The Morgan fingerprint density at radius 1 is 1.43 bits per heavy atom. The Morgan fingerprint density at radius 2 is 2.22 bits per heavy atom. The summed E-state index contributed by atoms with van der Waals surface area (Å²) >= 11 is 5.93. The van der Waals surface area contributed by atoms with Crippen LogP contribution >= 0.6 is 11.6 Å². The summed E-state index contributed by atoms with van der Waals surface area (Å²) in [6.45, 7) is 3.75. The molecule has 0 spiro atoms. The molecule has 5 nitrogen and oxygen atoms in total. The molecule has 0 aliphatic carbocycles. The van der Waals surface area contributed by atoms with Gasteiger partial charge in [0.15, 0.2) is 0 Å². The van der Waals surface area contributed by atoms with Crippen molar-refractivity contribution in [2.24, 2.45) is 0 Å². The van der Waals surface area contributed by atoms with Gasteiger partial charge < -0.3 is 9.64 Å². The van der Waals surface area contributed by atoms with E-state index >= 15 is 0 Å². The monoisotopic (exact) mass is 333 g/mol. The van der Waals surface area contributed by atoms with Crippen LogP contribution in [-0.2, 0) is 11.2 Å². The minimum Gasteiger partial charge on any atom is -0.370 e. The third-order valence-electron chi connectivity index (χ3n) is 4.04. The molecule has 1 N–H and O–H groups in total. The van der Waals surface area contributed by atoms with Gasteiger partial charge in [-0.25, -0.2) is 0 Å². The molecule has 1 aliphatic heterocycles. The molecule has 1 aromatic heterocycles. The van der Waals surface area contributed by atoms with Crippen molar-refractivity contribution < 1.29 is 9.53 Å². The maximum absolute atomic E-state index is 12.8. The van der Waals surface area contributed by atoms with E-state index in [-0.39, 0.29) is 12.0 Å². The first-order valence-corrected chi connectivity index (χ1v) is 8.25. The van der Waals surface area contributed by atoms with E-state index in [4.69, 9.17) is 16.3 Å². The Morgan fingerprint density at radius 3 is 2.96 bits per heavy atom. The van der Waals surface area contributed by atoms with Crippen LogP contribution in [-0.4, -0.2) is 40.7 Å². The highest BCUT2D eigenvalue weighted by Gasteiger charge is 2.27. The normalized spacial score (nSPS) is 18.2. The lowest BCUT2D eigenvalue weighted by Gasteiger charge is -2.33. The number of hydrogen-bond acceptors (Lipinski definition) is 3. The summed E-state index contributed by atoms with van der Waals surface area (Å²) in [5.74, 6) is 0.0180. The number of H-pyrrole nitrogens is 1. The second-order valence-electron chi connectivity index (χ2n) is 5.67. The summed E-state index contributed by atoms with van der Waals surface area (Å²) in [5, 5.41) is 7.65. The van der Waals surface area contributed by atoms with Gasteiger partial charge in [0.1, 0.15) is 6.10 Å². The molecular weight excluding hydrogens is 314 g/mol. The van der Waals surface area contributed by atoms with Gasteiger partial charge in [-0.05, 0) is 24.1 Å². The first-order valence-electron chi connectivity index (χ1n) is 7.87. The van der Waals surface area contributed by atoms with E-state index in [1.54, 1.807) is 6.20 Å². The van der Waals surface area contributed by atoms with Gasteiger partial charge in [0.05, 0.1) is 24.9 Å². The summed E-state index contributed by atoms with van der Waals surface area (Å²) in [5.41, 5.74) is 2.61. The quantitative estimate of drug-likeness (QED) is 0.934. The number of carbonyl (C=O) groups excluding carboxylic acids is 1.